The lowest BCUT2D eigenvalue weighted by Crippen LogP contribution is -2.03. The van der Waals surface area contributed by atoms with Gasteiger partial charge in [0.2, 0.25) is 0 Å². The van der Waals surface area contributed by atoms with Crippen LogP contribution in [0, 0.1) is 12.7 Å². The number of halogens is 2. The van der Waals surface area contributed by atoms with Gasteiger partial charge in [-0.05, 0) is 36.8 Å². The number of nitrogens with two attached hydrogens (primary N) is 1. The van der Waals surface area contributed by atoms with Crippen LogP contribution in [0.3, 0.4) is 0 Å². The molecule has 2 nitrogen and oxygen atoms in total. The Morgan fingerprint density at radius 1 is 1.17 bits per heavy atom. The van der Waals surface area contributed by atoms with E-state index in [0.29, 0.717) is 27.4 Å². The van der Waals surface area contributed by atoms with Crippen molar-refractivity contribution >= 4 is 23.1 Å². The zero-order valence-corrected chi connectivity index (χ0v) is 10.5. The molecule has 0 unspecified atom stereocenters. The zero-order valence-electron chi connectivity index (χ0n) is 9.71. The van der Waals surface area contributed by atoms with Gasteiger partial charge < -0.3 is 5.73 Å². The van der Waals surface area contributed by atoms with Gasteiger partial charge in [-0.15, -0.1) is 0 Å². The highest BCUT2D eigenvalue weighted by Crippen LogP contribution is 2.21. The fourth-order valence-corrected chi connectivity index (χ4v) is 1.70. The average molecular weight is 264 g/mol. The number of carbonyl (C=O) groups is 1. The van der Waals surface area contributed by atoms with Crippen molar-refractivity contribution in [1.29, 1.82) is 0 Å². The Balaban J connectivity index is 2.41. The monoisotopic (exact) mass is 263 g/mol. The third kappa shape index (κ3) is 2.36. The molecule has 0 fully saturated rings. The van der Waals surface area contributed by atoms with E-state index in [4.69, 9.17) is 17.3 Å². The highest BCUT2D eigenvalue weighted by Gasteiger charge is 2.12. The van der Waals surface area contributed by atoms with Crippen LogP contribution in [0.25, 0.3) is 0 Å². The Morgan fingerprint density at radius 3 is 2.39 bits per heavy atom. The van der Waals surface area contributed by atoms with E-state index in [0.717, 1.165) is 0 Å². The Morgan fingerprint density at radius 2 is 1.78 bits per heavy atom. The van der Waals surface area contributed by atoms with Gasteiger partial charge in [-0.2, -0.15) is 0 Å². The van der Waals surface area contributed by atoms with Gasteiger partial charge >= 0.3 is 0 Å². The van der Waals surface area contributed by atoms with E-state index in [-0.39, 0.29) is 5.78 Å². The molecule has 0 aromatic heterocycles. The van der Waals surface area contributed by atoms with Gasteiger partial charge in [0, 0.05) is 11.1 Å². The van der Waals surface area contributed by atoms with Gasteiger partial charge in [-0.25, -0.2) is 4.39 Å². The number of nitrogen functional groups attached to an aromatic ring is 1. The van der Waals surface area contributed by atoms with Crippen molar-refractivity contribution in [2.24, 2.45) is 0 Å². The molecule has 92 valence electrons. The number of anilines is 1. The number of benzene rings is 2. The van der Waals surface area contributed by atoms with E-state index in [2.05, 4.69) is 0 Å². The van der Waals surface area contributed by atoms with Crippen molar-refractivity contribution in [3.05, 3.63) is 63.9 Å². The number of hydrogen-bond donors (Lipinski definition) is 1. The lowest BCUT2D eigenvalue weighted by atomic mass is 10.0. The minimum absolute atomic E-state index is 0.280. The topological polar surface area (TPSA) is 43.1 Å². The fourth-order valence-electron chi connectivity index (χ4n) is 1.59. The fraction of sp³-hybridized carbons (Fsp3) is 0.0714. The maximum absolute atomic E-state index is 13.4. The molecule has 0 bridgehead atoms. The number of aryl methyl sites for hydroxylation is 1. The quantitative estimate of drug-likeness (QED) is 0.664. The van der Waals surface area contributed by atoms with E-state index in [1.807, 2.05) is 0 Å². The normalized spacial score (nSPS) is 10.4. The van der Waals surface area contributed by atoms with Crippen molar-refractivity contribution in [2.45, 2.75) is 6.92 Å². The molecule has 18 heavy (non-hydrogen) atoms. The Hall–Kier alpha value is -1.87. The lowest BCUT2D eigenvalue weighted by molar-refractivity contribution is 0.103. The number of rotatable bonds is 2. The molecule has 2 rings (SSSR count). The van der Waals surface area contributed by atoms with Crippen LogP contribution in [0.5, 0.6) is 0 Å². The molecule has 2 aromatic carbocycles. The summed E-state index contributed by atoms with van der Waals surface area (Å²) >= 11 is 5.78. The predicted molar refractivity (Wildman–Crippen MR) is 70.4 cm³/mol. The highest BCUT2D eigenvalue weighted by molar-refractivity contribution is 6.33. The molecule has 0 aliphatic heterocycles. The molecule has 0 saturated carbocycles. The average Bonchev–Trinajstić information content (AvgIpc) is 2.35. The maximum Gasteiger partial charge on any atom is 0.193 e. The summed E-state index contributed by atoms with van der Waals surface area (Å²) in [4.78, 5) is 12.1. The number of carbonyl (C=O) groups excluding carboxylic acids is 1. The second-order valence-corrected chi connectivity index (χ2v) is 4.44. The molecule has 2 aromatic rings. The van der Waals surface area contributed by atoms with Crippen molar-refractivity contribution in [1.82, 2.24) is 0 Å². The second-order valence-electron chi connectivity index (χ2n) is 4.03. The van der Waals surface area contributed by atoms with Gasteiger partial charge in [0.1, 0.15) is 5.82 Å². The predicted octanol–water partition coefficient (Wildman–Crippen LogP) is 3.60. The minimum atomic E-state index is -0.400. The second kappa shape index (κ2) is 4.78. The minimum Gasteiger partial charge on any atom is -0.398 e. The summed E-state index contributed by atoms with van der Waals surface area (Å²) in [6.07, 6.45) is 0. The van der Waals surface area contributed by atoms with Crippen LogP contribution in [0.4, 0.5) is 10.1 Å². The first-order valence-corrected chi connectivity index (χ1v) is 5.72. The smallest absolute Gasteiger partial charge is 0.193 e. The van der Waals surface area contributed by atoms with E-state index in [9.17, 15) is 9.18 Å². The molecule has 0 aliphatic carbocycles. The molecule has 0 spiro atoms. The lowest BCUT2D eigenvalue weighted by Gasteiger charge is -2.05. The Bertz CT molecular complexity index is 572. The van der Waals surface area contributed by atoms with E-state index < -0.39 is 5.82 Å². The highest BCUT2D eigenvalue weighted by atomic mass is 35.5. The first-order chi connectivity index (χ1) is 8.49. The molecule has 2 N–H and O–H groups in total. The van der Waals surface area contributed by atoms with Crippen LogP contribution >= 0.6 is 11.6 Å². The molecule has 0 atom stereocenters. The van der Waals surface area contributed by atoms with Gasteiger partial charge in [0.15, 0.2) is 5.78 Å². The van der Waals surface area contributed by atoms with Gasteiger partial charge in [-0.3, -0.25) is 4.79 Å². The Kier molecular flexibility index (Phi) is 3.34. The summed E-state index contributed by atoms with van der Waals surface area (Å²) in [7, 11) is 0. The first-order valence-electron chi connectivity index (χ1n) is 5.35. The summed E-state index contributed by atoms with van der Waals surface area (Å²) in [6.45, 7) is 1.64. The van der Waals surface area contributed by atoms with Crippen LogP contribution in [0.2, 0.25) is 5.02 Å². The zero-order chi connectivity index (χ0) is 13.3. The van der Waals surface area contributed by atoms with Crippen molar-refractivity contribution < 1.29 is 9.18 Å². The van der Waals surface area contributed by atoms with Crippen molar-refractivity contribution in [2.75, 3.05) is 5.73 Å². The van der Waals surface area contributed by atoms with E-state index >= 15 is 0 Å². The van der Waals surface area contributed by atoms with Crippen LogP contribution in [0.15, 0.2) is 36.4 Å². The van der Waals surface area contributed by atoms with Crippen molar-refractivity contribution in [3.8, 4) is 0 Å². The molecule has 0 saturated heterocycles. The Labute approximate surface area is 109 Å². The van der Waals surface area contributed by atoms with Gasteiger partial charge in [0.05, 0.1) is 10.7 Å². The molecule has 0 aliphatic rings. The van der Waals surface area contributed by atoms with Crippen molar-refractivity contribution in [3.63, 3.8) is 0 Å². The maximum atomic E-state index is 13.4. The molecule has 0 radical (unpaired) electrons. The third-order valence-corrected chi connectivity index (χ3v) is 3.04. The van der Waals surface area contributed by atoms with Crippen LogP contribution in [-0.4, -0.2) is 5.78 Å². The summed E-state index contributed by atoms with van der Waals surface area (Å²) in [5.41, 5.74) is 7.14. The van der Waals surface area contributed by atoms with Crippen LogP contribution in [-0.2, 0) is 0 Å². The molecule has 0 amide bonds. The largest absolute Gasteiger partial charge is 0.398 e. The number of hydrogen-bond acceptors (Lipinski definition) is 2. The van der Waals surface area contributed by atoms with Gasteiger partial charge in [0.25, 0.3) is 0 Å². The van der Waals surface area contributed by atoms with E-state index in [1.54, 1.807) is 31.2 Å². The number of ketones is 1. The molecule has 0 heterocycles. The van der Waals surface area contributed by atoms with Gasteiger partial charge in [-0.1, -0.05) is 23.7 Å². The standard InChI is InChI=1S/C14H11ClFNO/c1-8-2-3-9(6-12(8)16)14(18)10-4-5-11(15)13(17)7-10/h2-7H,17H2,1H3. The molecular weight excluding hydrogens is 253 g/mol. The summed E-state index contributed by atoms with van der Waals surface area (Å²) < 4.78 is 13.4. The van der Waals surface area contributed by atoms with Crippen LogP contribution in [0.1, 0.15) is 21.5 Å². The SMILES string of the molecule is Cc1ccc(C(=O)c2ccc(Cl)c(N)c2)cc1F. The summed E-state index contributed by atoms with van der Waals surface area (Å²) in [6, 6.07) is 8.99. The molecule has 4 heteroatoms. The first kappa shape index (κ1) is 12.6. The summed E-state index contributed by atoms with van der Waals surface area (Å²) in [5, 5.41) is 0.390. The third-order valence-electron chi connectivity index (χ3n) is 2.69. The van der Waals surface area contributed by atoms with Crippen LogP contribution < -0.4 is 5.73 Å². The molecular formula is C14H11ClFNO. The van der Waals surface area contributed by atoms with E-state index in [1.165, 1.54) is 12.1 Å². The summed E-state index contributed by atoms with van der Waals surface area (Å²) in [5.74, 6) is -0.681.